The van der Waals surface area contributed by atoms with Crippen molar-refractivity contribution in [1.82, 2.24) is 0 Å². The molecule has 0 saturated heterocycles. The fourth-order valence-electron chi connectivity index (χ4n) is 12.8. The zero-order valence-electron chi connectivity index (χ0n) is 19.9. The molecule has 0 spiro atoms. The van der Waals surface area contributed by atoms with E-state index in [4.69, 9.17) is 0 Å². The Morgan fingerprint density at radius 1 is 0.267 bits per heavy atom. The molecule has 4 bridgehead atoms. The normalized spacial score (nSPS) is 50.4. The van der Waals surface area contributed by atoms with Crippen LogP contribution < -0.4 is 0 Å². The van der Waals surface area contributed by atoms with Gasteiger partial charge in [-0.15, -0.1) is 0 Å². The molecule has 0 aromatic rings. The van der Waals surface area contributed by atoms with E-state index in [1.165, 1.54) is 0 Å². The highest BCUT2D eigenvalue weighted by Crippen LogP contribution is 2.82. The third kappa shape index (κ3) is 2.64. The average molecular weight is 409 g/mol. The first-order valence-corrected chi connectivity index (χ1v) is 14.7. The maximum Gasteiger partial charge on any atom is -0.0253 e. The highest BCUT2D eigenvalue weighted by atomic mass is 14.8. The minimum absolute atomic E-state index is 0.791. The quantitative estimate of drug-likeness (QED) is 0.435. The Hall–Kier alpha value is 0. The van der Waals surface area contributed by atoms with Crippen molar-refractivity contribution >= 4 is 0 Å². The molecule has 0 heteroatoms. The molecule has 8 fully saturated rings. The molecule has 8 rings (SSSR count). The Labute approximate surface area is 186 Å². The van der Waals surface area contributed by atoms with Gasteiger partial charge in [0, 0.05) is 0 Å². The van der Waals surface area contributed by atoms with Crippen LogP contribution in [0.2, 0.25) is 0 Å². The van der Waals surface area contributed by atoms with Gasteiger partial charge in [-0.1, -0.05) is 51.4 Å². The Bertz CT molecular complexity index is 498. The van der Waals surface area contributed by atoms with Gasteiger partial charge in [-0.2, -0.15) is 0 Å². The van der Waals surface area contributed by atoms with E-state index in [-0.39, 0.29) is 0 Å². The summed E-state index contributed by atoms with van der Waals surface area (Å²) in [5.74, 6) is 4.50. The van der Waals surface area contributed by atoms with Crippen LogP contribution in [0.15, 0.2) is 0 Å². The molecule has 0 N–H and O–H groups in total. The standard InChI is InChI=1S/C30H48/c1-2-10-23(9-1)27-17-28(24-11-3-4-12-24)20-29(18-27,25-13-5-6-14-25)22-30(19-27,21-28)26-15-7-8-16-26/h23-26H,1-22H2. The van der Waals surface area contributed by atoms with E-state index in [0.717, 1.165) is 45.3 Å². The molecule has 0 aliphatic heterocycles. The molecule has 0 aromatic carbocycles. The van der Waals surface area contributed by atoms with E-state index in [2.05, 4.69) is 0 Å². The highest BCUT2D eigenvalue weighted by Gasteiger charge is 2.72. The van der Waals surface area contributed by atoms with Crippen molar-refractivity contribution in [3.05, 3.63) is 0 Å². The summed E-state index contributed by atoms with van der Waals surface area (Å²) in [5, 5.41) is 0. The maximum atomic E-state index is 1.71. The molecule has 0 unspecified atom stereocenters. The van der Waals surface area contributed by atoms with Gasteiger partial charge in [-0.05, 0) is 135 Å². The predicted molar refractivity (Wildman–Crippen MR) is 125 cm³/mol. The van der Waals surface area contributed by atoms with E-state index in [0.29, 0.717) is 0 Å². The van der Waals surface area contributed by atoms with Crippen molar-refractivity contribution in [1.29, 1.82) is 0 Å². The molecule has 168 valence electrons. The first-order chi connectivity index (χ1) is 14.7. The average Bonchev–Trinajstić information content (AvgIpc) is 3.56. The summed E-state index contributed by atoms with van der Waals surface area (Å²) in [6.07, 6.45) is 35.7. The first-order valence-electron chi connectivity index (χ1n) is 14.7. The van der Waals surface area contributed by atoms with Crippen molar-refractivity contribution in [2.24, 2.45) is 45.3 Å². The molecule has 8 saturated carbocycles. The van der Waals surface area contributed by atoms with Crippen LogP contribution in [0, 0.1) is 45.3 Å². The minimum Gasteiger partial charge on any atom is -0.0530 e. The molecule has 0 aromatic heterocycles. The third-order valence-electron chi connectivity index (χ3n) is 13.1. The highest BCUT2D eigenvalue weighted by molar-refractivity contribution is 5.22. The van der Waals surface area contributed by atoms with Crippen LogP contribution in [0.1, 0.15) is 141 Å². The van der Waals surface area contributed by atoms with E-state index in [9.17, 15) is 0 Å². The second-order valence-electron chi connectivity index (χ2n) is 14.4. The minimum atomic E-state index is 0.791. The molecular weight excluding hydrogens is 360 g/mol. The molecule has 0 radical (unpaired) electrons. The fourth-order valence-corrected chi connectivity index (χ4v) is 12.8. The largest absolute Gasteiger partial charge is 0.0530 e. The van der Waals surface area contributed by atoms with Gasteiger partial charge in [0.15, 0.2) is 0 Å². The molecule has 0 nitrogen and oxygen atoms in total. The lowest BCUT2D eigenvalue weighted by molar-refractivity contribution is -0.261. The topological polar surface area (TPSA) is 0 Å². The fraction of sp³-hybridized carbons (Fsp3) is 1.00. The summed E-state index contributed by atoms with van der Waals surface area (Å²) in [4.78, 5) is 0. The van der Waals surface area contributed by atoms with Crippen molar-refractivity contribution in [2.75, 3.05) is 0 Å². The summed E-state index contributed by atoms with van der Waals surface area (Å²) in [7, 11) is 0. The van der Waals surface area contributed by atoms with Crippen LogP contribution in [0.25, 0.3) is 0 Å². The number of hydrogen-bond acceptors (Lipinski definition) is 0. The third-order valence-corrected chi connectivity index (χ3v) is 13.1. The summed E-state index contributed by atoms with van der Waals surface area (Å²) in [6.45, 7) is 0. The van der Waals surface area contributed by atoms with Crippen LogP contribution in [0.3, 0.4) is 0 Å². The van der Waals surface area contributed by atoms with E-state index in [1.807, 2.05) is 0 Å². The van der Waals surface area contributed by atoms with E-state index >= 15 is 0 Å². The summed E-state index contributed by atoms with van der Waals surface area (Å²) in [5.41, 5.74) is 3.16. The smallest absolute Gasteiger partial charge is 0.0253 e. The van der Waals surface area contributed by atoms with E-state index < -0.39 is 0 Å². The van der Waals surface area contributed by atoms with Crippen LogP contribution in [-0.2, 0) is 0 Å². The Morgan fingerprint density at radius 3 is 0.600 bits per heavy atom. The number of hydrogen-bond donors (Lipinski definition) is 0. The van der Waals surface area contributed by atoms with Crippen molar-refractivity contribution in [3.63, 3.8) is 0 Å². The monoisotopic (exact) mass is 408 g/mol. The summed E-state index contributed by atoms with van der Waals surface area (Å²) in [6, 6.07) is 0. The second kappa shape index (κ2) is 6.76. The second-order valence-corrected chi connectivity index (χ2v) is 14.4. The van der Waals surface area contributed by atoms with Crippen molar-refractivity contribution < 1.29 is 0 Å². The van der Waals surface area contributed by atoms with Crippen molar-refractivity contribution in [3.8, 4) is 0 Å². The first kappa shape index (κ1) is 19.5. The number of rotatable bonds is 4. The van der Waals surface area contributed by atoms with Crippen LogP contribution in [0.5, 0.6) is 0 Å². The Kier molecular flexibility index (Phi) is 4.39. The van der Waals surface area contributed by atoms with Gasteiger partial charge in [0.2, 0.25) is 0 Å². The molecule has 30 heavy (non-hydrogen) atoms. The van der Waals surface area contributed by atoms with Gasteiger partial charge >= 0.3 is 0 Å². The van der Waals surface area contributed by atoms with Gasteiger partial charge in [-0.3, -0.25) is 0 Å². The molecule has 0 amide bonds. The zero-order chi connectivity index (χ0) is 19.9. The van der Waals surface area contributed by atoms with Gasteiger partial charge in [0.05, 0.1) is 0 Å². The SMILES string of the molecule is C1CCC(C23CC4(C5CCCC5)CC(C5CCCC5)(C2)CC(C2CCCC2)(C3)C4)C1. The Balaban J connectivity index is 1.37. The molecule has 0 heterocycles. The van der Waals surface area contributed by atoms with Crippen LogP contribution in [-0.4, -0.2) is 0 Å². The maximum absolute atomic E-state index is 1.71. The lowest BCUT2D eigenvalue weighted by Crippen LogP contribution is -2.66. The van der Waals surface area contributed by atoms with Gasteiger partial charge < -0.3 is 0 Å². The Morgan fingerprint density at radius 2 is 0.433 bits per heavy atom. The summed E-state index contributed by atoms with van der Waals surface area (Å²) >= 11 is 0. The molecule has 8 aliphatic carbocycles. The molecule has 0 atom stereocenters. The lowest BCUT2D eigenvalue weighted by Gasteiger charge is -2.76. The van der Waals surface area contributed by atoms with Crippen LogP contribution in [0.4, 0.5) is 0 Å². The van der Waals surface area contributed by atoms with Gasteiger partial charge in [0.25, 0.3) is 0 Å². The molecular formula is C30H48. The molecule has 8 aliphatic rings. The summed E-state index contributed by atoms with van der Waals surface area (Å²) < 4.78 is 0. The van der Waals surface area contributed by atoms with Gasteiger partial charge in [0.1, 0.15) is 0 Å². The van der Waals surface area contributed by atoms with Crippen LogP contribution >= 0.6 is 0 Å². The van der Waals surface area contributed by atoms with Gasteiger partial charge in [-0.25, -0.2) is 0 Å². The lowest BCUT2D eigenvalue weighted by atomic mass is 9.29. The predicted octanol–water partition coefficient (Wildman–Crippen LogP) is 9.07. The van der Waals surface area contributed by atoms with E-state index in [1.54, 1.807) is 141 Å². The van der Waals surface area contributed by atoms with Crippen molar-refractivity contribution in [2.45, 2.75) is 141 Å². The zero-order valence-corrected chi connectivity index (χ0v) is 19.9.